The fraction of sp³-hybridized carbons (Fsp3) is 0.125. The number of nitrogens with one attached hydrogen (secondary N) is 1. The molecule has 6 heteroatoms. The van der Waals surface area contributed by atoms with Crippen molar-refractivity contribution in [1.82, 2.24) is 14.4 Å². The molecule has 0 bridgehead atoms. The molecule has 1 amide bonds. The molecule has 30 heavy (non-hydrogen) atoms. The van der Waals surface area contributed by atoms with Gasteiger partial charge in [-0.15, -0.1) is 0 Å². The summed E-state index contributed by atoms with van der Waals surface area (Å²) in [4.78, 5) is 22.3. The average molecular weight is 413 g/mol. The fourth-order valence-electron chi connectivity index (χ4n) is 3.60. The minimum absolute atomic E-state index is 0.0544. The van der Waals surface area contributed by atoms with Crippen molar-refractivity contribution in [3.05, 3.63) is 77.9 Å². The minimum atomic E-state index is -0.0544. The first-order chi connectivity index (χ1) is 14.6. The molecule has 1 N–H and O–H groups in total. The van der Waals surface area contributed by atoms with Gasteiger partial charge in [0.2, 0.25) is 5.91 Å². The summed E-state index contributed by atoms with van der Waals surface area (Å²) in [5.41, 5.74) is 6.65. The molecule has 0 aliphatic carbocycles. The maximum absolute atomic E-state index is 12.7. The van der Waals surface area contributed by atoms with E-state index in [2.05, 4.69) is 5.32 Å². The quantitative estimate of drug-likeness (QED) is 0.318. The maximum Gasteiger partial charge on any atom is 0.234 e. The number of aromatic nitrogens is 3. The van der Waals surface area contributed by atoms with Crippen molar-refractivity contribution < 1.29 is 4.79 Å². The average Bonchev–Trinajstić information content (AvgIpc) is 3.15. The topological polar surface area (TPSA) is 59.3 Å². The van der Waals surface area contributed by atoms with Crippen LogP contribution in [0.1, 0.15) is 11.1 Å². The first-order valence-corrected chi connectivity index (χ1v) is 10.7. The third-order valence-corrected chi connectivity index (χ3v) is 6.05. The SMILES string of the molecule is Cc1ccc(C)c(NC(=O)CSc2nc3ccccc3c3nc4ccccc4n23)c1. The van der Waals surface area contributed by atoms with Gasteiger partial charge < -0.3 is 5.32 Å². The molecule has 3 aromatic carbocycles. The van der Waals surface area contributed by atoms with E-state index in [1.54, 1.807) is 0 Å². The molecule has 0 saturated carbocycles. The van der Waals surface area contributed by atoms with Gasteiger partial charge in [-0.1, -0.05) is 48.2 Å². The number of carbonyl (C=O) groups excluding carboxylic acids is 1. The van der Waals surface area contributed by atoms with Crippen molar-refractivity contribution in [3.8, 4) is 0 Å². The molecule has 0 radical (unpaired) electrons. The summed E-state index contributed by atoms with van der Waals surface area (Å²) in [6.07, 6.45) is 0. The molecule has 0 fully saturated rings. The number of fused-ring (bicyclic) bond motifs is 5. The Balaban J connectivity index is 1.52. The zero-order valence-electron chi connectivity index (χ0n) is 16.7. The zero-order chi connectivity index (χ0) is 20.7. The summed E-state index contributed by atoms with van der Waals surface area (Å²) in [5.74, 6) is 0.210. The molecule has 5 nitrogen and oxygen atoms in total. The second kappa shape index (κ2) is 7.46. The van der Waals surface area contributed by atoms with Gasteiger partial charge in [-0.25, -0.2) is 9.97 Å². The molecule has 0 aliphatic rings. The van der Waals surface area contributed by atoms with E-state index in [9.17, 15) is 4.79 Å². The Hall–Kier alpha value is -3.38. The van der Waals surface area contributed by atoms with Crippen LogP contribution in [-0.2, 0) is 4.79 Å². The van der Waals surface area contributed by atoms with Gasteiger partial charge in [-0.3, -0.25) is 9.20 Å². The summed E-state index contributed by atoms with van der Waals surface area (Å²) in [5, 5.41) is 4.78. The number of para-hydroxylation sites is 3. The number of aryl methyl sites for hydroxylation is 2. The lowest BCUT2D eigenvalue weighted by atomic mass is 10.1. The molecule has 2 heterocycles. The molecule has 148 valence electrons. The van der Waals surface area contributed by atoms with Gasteiger partial charge in [0, 0.05) is 11.1 Å². The van der Waals surface area contributed by atoms with Gasteiger partial charge in [0.15, 0.2) is 5.16 Å². The van der Waals surface area contributed by atoms with Crippen LogP contribution in [0.25, 0.3) is 27.6 Å². The van der Waals surface area contributed by atoms with Gasteiger partial charge in [-0.2, -0.15) is 0 Å². The molecule has 5 aromatic rings. The number of amides is 1. The highest BCUT2D eigenvalue weighted by atomic mass is 32.2. The van der Waals surface area contributed by atoms with Crippen molar-refractivity contribution >= 4 is 50.9 Å². The summed E-state index contributed by atoms with van der Waals surface area (Å²) in [6.45, 7) is 4.01. The van der Waals surface area contributed by atoms with Crippen molar-refractivity contribution in [2.75, 3.05) is 11.1 Å². The molecule has 0 unspecified atom stereocenters. The largest absolute Gasteiger partial charge is 0.325 e. The first-order valence-electron chi connectivity index (χ1n) is 9.76. The van der Waals surface area contributed by atoms with E-state index in [-0.39, 0.29) is 11.7 Å². The van der Waals surface area contributed by atoms with Gasteiger partial charge >= 0.3 is 0 Å². The summed E-state index contributed by atoms with van der Waals surface area (Å²) >= 11 is 1.42. The highest BCUT2D eigenvalue weighted by molar-refractivity contribution is 7.99. The van der Waals surface area contributed by atoms with Gasteiger partial charge in [0.1, 0.15) is 5.65 Å². The number of hydrogen-bond donors (Lipinski definition) is 1. The van der Waals surface area contributed by atoms with Crippen LogP contribution in [0, 0.1) is 13.8 Å². The monoisotopic (exact) mass is 412 g/mol. The fourth-order valence-corrected chi connectivity index (χ4v) is 4.41. The second-order valence-corrected chi connectivity index (χ2v) is 8.27. The van der Waals surface area contributed by atoms with Gasteiger partial charge in [0.05, 0.1) is 22.3 Å². The number of carbonyl (C=O) groups is 1. The predicted molar refractivity (Wildman–Crippen MR) is 123 cm³/mol. The van der Waals surface area contributed by atoms with Crippen LogP contribution in [-0.4, -0.2) is 26.0 Å². The van der Waals surface area contributed by atoms with Crippen LogP contribution in [0.3, 0.4) is 0 Å². The molecular formula is C24H20N4OS. The second-order valence-electron chi connectivity index (χ2n) is 7.33. The number of benzene rings is 3. The summed E-state index contributed by atoms with van der Waals surface area (Å²) in [6, 6.07) is 22.0. The van der Waals surface area contributed by atoms with Crippen molar-refractivity contribution in [2.45, 2.75) is 19.0 Å². The van der Waals surface area contributed by atoms with E-state index in [0.29, 0.717) is 0 Å². The standard InChI is InChI=1S/C24H20N4OS/c1-15-11-12-16(2)20(13-15)25-22(29)14-30-24-27-18-8-4-3-7-17(18)23-26-19-9-5-6-10-21(19)28(23)24/h3-13H,14H2,1-2H3,(H,25,29). The molecule has 5 rings (SSSR count). The lowest BCUT2D eigenvalue weighted by Gasteiger charge is -2.10. The molecule has 0 aliphatic heterocycles. The maximum atomic E-state index is 12.7. The number of nitrogens with zero attached hydrogens (tertiary/aromatic N) is 3. The van der Waals surface area contributed by atoms with Crippen LogP contribution in [0.5, 0.6) is 0 Å². The minimum Gasteiger partial charge on any atom is -0.325 e. The van der Waals surface area contributed by atoms with E-state index in [1.165, 1.54) is 11.8 Å². The molecule has 0 saturated heterocycles. The van der Waals surface area contributed by atoms with Crippen LogP contribution in [0.2, 0.25) is 0 Å². The third-order valence-electron chi connectivity index (χ3n) is 5.11. The van der Waals surface area contributed by atoms with Crippen LogP contribution >= 0.6 is 11.8 Å². The molecular weight excluding hydrogens is 392 g/mol. The highest BCUT2D eigenvalue weighted by Gasteiger charge is 2.15. The zero-order valence-corrected chi connectivity index (χ0v) is 17.5. The Kier molecular flexibility index (Phi) is 4.64. The lowest BCUT2D eigenvalue weighted by Crippen LogP contribution is -2.15. The molecule has 0 atom stereocenters. The Morgan fingerprint density at radius 2 is 1.73 bits per heavy atom. The summed E-state index contributed by atoms with van der Waals surface area (Å²) < 4.78 is 2.05. The van der Waals surface area contributed by atoms with Crippen molar-refractivity contribution in [3.63, 3.8) is 0 Å². The number of imidazole rings is 1. The number of thioether (sulfide) groups is 1. The van der Waals surface area contributed by atoms with Crippen LogP contribution < -0.4 is 5.32 Å². The Morgan fingerprint density at radius 1 is 0.967 bits per heavy atom. The number of hydrogen-bond acceptors (Lipinski definition) is 4. The van der Waals surface area contributed by atoms with E-state index >= 15 is 0 Å². The van der Waals surface area contributed by atoms with E-state index < -0.39 is 0 Å². The smallest absolute Gasteiger partial charge is 0.234 e. The number of anilines is 1. The highest BCUT2D eigenvalue weighted by Crippen LogP contribution is 2.29. The Labute approximate surface area is 178 Å². The first kappa shape index (κ1) is 18.6. The van der Waals surface area contributed by atoms with Crippen molar-refractivity contribution in [2.24, 2.45) is 0 Å². The van der Waals surface area contributed by atoms with Gasteiger partial charge in [-0.05, 0) is 55.3 Å². The molecule has 0 spiro atoms. The van der Waals surface area contributed by atoms with E-state index in [1.807, 2.05) is 85.0 Å². The van der Waals surface area contributed by atoms with Crippen LogP contribution in [0.4, 0.5) is 5.69 Å². The third kappa shape index (κ3) is 3.29. The normalized spacial score (nSPS) is 11.4. The van der Waals surface area contributed by atoms with Crippen LogP contribution in [0.15, 0.2) is 71.9 Å². The Bertz CT molecular complexity index is 1420. The van der Waals surface area contributed by atoms with Gasteiger partial charge in [0.25, 0.3) is 0 Å². The predicted octanol–water partition coefficient (Wildman–Crippen LogP) is 5.38. The Morgan fingerprint density at radius 3 is 2.60 bits per heavy atom. The van der Waals surface area contributed by atoms with E-state index in [4.69, 9.17) is 9.97 Å². The summed E-state index contributed by atoms with van der Waals surface area (Å²) in [7, 11) is 0. The van der Waals surface area contributed by atoms with E-state index in [0.717, 1.165) is 49.6 Å². The number of rotatable bonds is 4. The molecule has 2 aromatic heterocycles. The van der Waals surface area contributed by atoms with Crippen molar-refractivity contribution in [1.29, 1.82) is 0 Å². The lowest BCUT2D eigenvalue weighted by molar-refractivity contribution is -0.113.